The Kier molecular flexibility index (Phi) is 4.99. The molecule has 1 heterocycles. The summed E-state index contributed by atoms with van der Waals surface area (Å²) in [5.74, 6) is 2.84. The van der Waals surface area contributed by atoms with Crippen LogP contribution in [-0.4, -0.2) is 17.0 Å². The zero-order valence-electron chi connectivity index (χ0n) is 11.5. The van der Waals surface area contributed by atoms with E-state index in [0.717, 1.165) is 38.3 Å². The average molecular weight is 401 g/mol. The number of benzene rings is 1. The van der Waals surface area contributed by atoms with Gasteiger partial charge in [-0.25, -0.2) is 4.98 Å². The van der Waals surface area contributed by atoms with Gasteiger partial charge in [0.25, 0.3) is 0 Å². The van der Waals surface area contributed by atoms with Crippen molar-refractivity contribution < 1.29 is 4.74 Å². The first-order valence-corrected chi connectivity index (χ1v) is 7.82. The molecule has 0 spiro atoms. The summed E-state index contributed by atoms with van der Waals surface area (Å²) in [6, 6.07) is 5.75. The average Bonchev–Trinajstić information content (AvgIpc) is 2.43. The Morgan fingerprint density at radius 3 is 2.60 bits per heavy atom. The first-order valence-electron chi connectivity index (χ1n) is 6.23. The Bertz CT molecular complexity index is 632. The molecule has 2 aromatic rings. The normalized spacial score (nSPS) is 10.4. The molecule has 1 N–H and O–H groups in total. The molecule has 0 aliphatic carbocycles. The molecule has 0 bridgehead atoms. The molecule has 0 saturated heterocycles. The molecule has 1 aromatic heterocycles. The quantitative estimate of drug-likeness (QED) is 0.807. The lowest BCUT2D eigenvalue weighted by Gasteiger charge is -2.13. The summed E-state index contributed by atoms with van der Waals surface area (Å²) < 4.78 is 7.78. The van der Waals surface area contributed by atoms with E-state index in [0.29, 0.717) is 5.88 Å². The minimum absolute atomic E-state index is 0.573. The fourth-order valence-electron chi connectivity index (χ4n) is 1.70. The number of hydrogen-bond acceptors (Lipinski definition) is 4. The van der Waals surface area contributed by atoms with Gasteiger partial charge in [-0.2, -0.15) is 4.98 Å². The van der Waals surface area contributed by atoms with Crippen LogP contribution in [-0.2, 0) is 6.42 Å². The third-order valence-electron chi connectivity index (χ3n) is 2.80. The lowest BCUT2D eigenvalue weighted by Crippen LogP contribution is -2.04. The monoisotopic (exact) mass is 399 g/mol. The molecule has 6 heteroatoms. The first-order chi connectivity index (χ1) is 9.55. The van der Waals surface area contributed by atoms with Crippen molar-refractivity contribution in [3.05, 3.63) is 38.5 Å². The molecule has 1 aromatic carbocycles. The van der Waals surface area contributed by atoms with Gasteiger partial charge in [0.1, 0.15) is 17.4 Å². The van der Waals surface area contributed by atoms with Crippen molar-refractivity contribution in [1.82, 2.24) is 9.97 Å². The highest BCUT2D eigenvalue weighted by molar-refractivity contribution is 9.11. The molecule has 0 fully saturated rings. The predicted molar refractivity (Wildman–Crippen MR) is 87.6 cm³/mol. The van der Waals surface area contributed by atoms with Gasteiger partial charge in [-0.05, 0) is 41.1 Å². The number of rotatable bonds is 4. The molecular weight excluding hydrogens is 386 g/mol. The summed E-state index contributed by atoms with van der Waals surface area (Å²) >= 11 is 6.91. The van der Waals surface area contributed by atoms with Gasteiger partial charge in [0.2, 0.25) is 5.88 Å². The van der Waals surface area contributed by atoms with Crippen molar-refractivity contribution in [2.24, 2.45) is 0 Å². The van der Waals surface area contributed by atoms with Gasteiger partial charge in [0.15, 0.2) is 0 Å². The fraction of sp³-hybridized carbons (Fsp3) is 0.286. The molecule has 4 nitrogen and oxygen atoms in total. The molecule has 0 aliphatic heterocycles. The Morgan fingerprint density at radius 2 is 2.00 bits per heavy atom. The maximum absolute atomic E-state index is 5.92. The van der Waals surface area contributed by atoms with Gasteiger partial charge < -0.3 is 10.1 Å². The lowest BCUT2D eigenvalue weighted by molar-refractivity contribution is 0.452. The Morgan fingerprint density at radius 1 is 1.25 bits per heavy atom. The van der Waals surface area contributed by atoms with E-state index in [2.05, 4.69) is 47.1 Å². The minimum Gasteiger partial charge on any atom is -0.437 e. The van der Waals surface area contributed by atoms with Gasteiger partial charge in [0, 0.05) is 17.9 Å². The fourth-order valence-corrected chi connectivity index (χ4v) is 2.83. The van der Waals surface area contributed by atoms with Gasteiger partial charge in [-0.15, -0.1) is 0 Å². The van der Waals surface area contributed by atoms with Gasteiger partial charge in [0.05, 0.1) is 10.0 Å². The van der Waals surface area contributed by atoms with Crippen LogP contribution in [0.5, 0.6) is 11.6 Å². The van der Waals surface area contributed by atoms with Crippen molar-refractivity contribution >= 4 is 37.7 Å². The second-order valence-corrected chi connectivity index (χ2v) is 5.97. The highest BCUT2D eigenvalue weighted by Gasteiger charge is 2.13. The number of anilines is 1. The largest absolute Gasteiger partial charge is 0.437 e. The molecule has 0 radical (unpaired) electrons. The molecule has 0 aliphatic rings. The maximum atomic E-state index is 5.92. The van der Waals surface area contributed by atoms with Crippen molar-refractivity contribution in [2.45, 2.75) is 20.3 Å². The number of halogens is 2. The SMILES string of the molecule is CCc1nc(NC)c(C)c(Oc2ccc(Br)cc2Br)n1. The van der Waals surface area contributed by atoms with Crippen LogP contribution in [0.2, 0.25) is 0 Å². The second kappa shape index (κ2) is 6.54. The molecule has 106 valence electrons. The van der Waals surface area contributed by atoms with Crippen molar-refractivity contribution in [3.8, 4) is 11.6 Å². The topological polar surface area (TPSA) is 47.0 Å². The van der Waals surface area contributed by atoms with E-state index in [1.807, 2.05) is 39.1 Å². The van der Waals surface area contributed by atoms with E-state index in [1.54, 1.807) is 0 Å². The summed E-state index contributed by atoms with van der Waals surface area (Å²) in [7, 11) is 1.84. The second-order valence-electron chi connectivity index (χ2n) is 4.20. The van der Waals surface area contributed by atoms with Gasteiger partial charge >= 0.3 is 0 Å². The summed E-state index contributed by atoms with van der Waals surface area (Å²) in [4.78, 5) is 8.88. The Labute approximate surface area is 135 Å². The molecular formula is C14H15Br2N3O. The van der Waals surface area contributed by atoms with Crippen LogP contribution in [0.1, 0.15) is 18.3 Å². The predicted octanol–water partition coefficient (Wildman–Crippen LogP) is 4.71. The van der Waals surface area contributed by atoms with Crippen LogP contribution in [0.4, 0.5) is 5.82 Å². The molecule has 0 amide bonds. The standard InChI is InChI=1S/C14H15Br2N3O/c1-4-12-18-13(17-3)8(2)14(19-12)20-11-6-5-9(15)7-10(11)16/h5-7H,4H2,1-3H3,(H,17,18,19). The van der Waals surface area contributed by atoms with E-state index in [-0.39, 0.29) is 0 Å². The van der Waals surface area contributed by atoms with E-state index in [4.69, 9.17) is 4.74 Å². The van der Waals surface area contributed by atoms with Gasteiger partial charge in [-0.1, -0.05) is 22.9 Å². The van der Waals surface area contributed by atoms with Crippen LogP contribution in [0, 0.1) is 6.92 Å². The molecule has 0 atom stereocenters. The number of hydrogen-bond donors (Lipinski definition) is 1. The smallest absolute Gasteiger partial charge is 0.227 e. The van der Waals surface area contributed by atoms with Crippen molar-refractivity contribution in [1.29, 1.82) is 0 Å². The highest BCUT2D eigenvalue weighted by Crippen LogP contribution is 2.33. The number of aromatic nitrogens is 2. The lowest BCUT2D eigenvalue weighted by atomic mass is 10.3. The third-order valence-corrected chi connectivity index (χ3v) is 3.91. The van der Waals surface area contributed by atoms with E-state index in [1.165, 1.54) is 0 Å². The molecule has 0 unspecified atom stereocenters. The summed E-state index contributed by atoms with van der Waals surface area (Å²) in [5, 5.41) is 3.07. The van der Waals surface area contributed by atoms with Crippen LogP contribution < -0.4 is 10.1 Å². The third kappa shape index (κ3) is 3.30. The molecule has 20 heavy (non-hydrogen) atoms. The number of nitrogens with one attached hydrogen (secondary N) is 1. The summed E-state index contributed by atoms with van der Waals surface area (Å²) in [5.41, 5.74) is 0.888. The van der Waals surface area contributed by atoms with Crippen LogP contribution in [0.3, 0.4) is 0 Å². The van der Waals surface area contributed by atoms with Crippen molar-refractivity contribution in [3.63, 3.8) is 0 Å². The van der Waals surface area contributed by atoms with Crippen LogP contribution in [0.15, 0.2) is 27.1 Å². The Balaban J connectivity index is 2.42. The maximum Gasteiger partial charge on any atom is 0.227 e. The number of ether oxygens (including phenoxy) is 1. The minimum atomic E-state index is 0.573. The first kappa shape index (κ1) is 15.3. The molecule has 2 rings (SSSR count). The zero-order valence-corrected chi connectivity index (χ0v) is 14.7. The molecule has 0 saturated carbocycles. The highest BCUT2D eigenvalue weighted by atomic mass is 79.9. The van der Waals surface area contributed by atoms with Crippen LogP contribution >= 0.6 is 31.9 Å². The van der Waals surface area contributed by atoms with Gasteiger partial charge in [-0.3, -0.25) is 0 Å². The number of nitrogens with zero attached hydrogens (tertiary/aromatic N) is 2. The van der Waals surface area contributed by atoms with E-state index in [9.17, 15) is 0 Å². The zero-order chi connectivity index (χ0) is 14.7. The van der Waals surface area contributed by atoms with Crippen LogP contribution in [0.25, 0.3) is 0 Å². The summed E-state index contributed by atoms with van der Waals surface area (Å²) in [6.07, 6.45) is 0.757. The van der Waals surface area contributed by atoms with E-state index >= 15 is 0 Å². The summed E-state index contributed by atoms with van der Waals surface area (Å²) in [6.45, 7) is 3.96. The Hall–Kier alpha value is -1.14. The van der Waals surface area contributed by atoms with E-state index < -0.39 is 0 Å². The number of aryl methyl sites for hydroxylation is 1. The van der Waals surface area contributed by atoms with Crippen molar-refractivity contribution in [2.75, 3.05) is 12.4 Å².